The summed E-state index contributed by atoms with van der Waals surface area (Å²) in [4.78, 5) is 27.1. The largest absolute Gasteiger partial charge is 0.338 e. The van der Waals surface area contributed by atoms with E-state index in [-0.39, 0.29) is 5.91 Å². The third-order valence-corrected chi connectivity index (χ3v) is 5.96. The third-order valence-electron chi connectivity index (χ3n) is 5.09. The molecule has 1 fully saturated rings. The number of para-hydroxylation sites is 1. The Bertz CT molecular complexity index is 1130. The highest BCUT2D eigenvalue weighted by Crippen LogP contribution is 2.22. The minimum absolute atomic E-state index is 0.0340. The number of benzene rings is 1. The van der Waals surface area contributed by atoms with Crippen LogP contribution in [-0.4, -0.2) is 57.0 Å². The molecule has 3 aromatic heterocycles. The summed E-state index contributed by atoms with van der Waals surface area (Å²) in [5.74, 6) is 1.27. The summed E-state index contributed by atoms with van der Waals surface area (Å²) in [6.07, 6.45) is 1.73. The first-order valence-corrected chi connectivity index (χ1v) is 10.4. The molecular formula is C21H19N5O2S. The SMILES string of the molecule is O=C(c1cccc2cccnc12)N1CCN(Cc2nc(-c3cccs3)no2)CC1. The molecule has 0 spiro atoms. The molecular weight excluding hydrogens is 386 g/mol. The normalized spacial score (nSPS) is 15.1. The second kappa shape index (κ2) is 7.73. The molecule has 0 aliphatic carbocycles. The lowest BCUT2D eigenvalue weighted by molar-refractivity contribution is 0.0617. The van der Waals surface area contributed by atoms with Crippen LogP contribution in [0.4, 0.5) is 0 Å². The molecule has 0 N–H and O–H groups in total. The molecule has 1 aromatic carbocycles. The van der Waals surface area contributed by atoms with Crippen molar-refractivity contribution < 1.29 is 9.32 Å². The number of aromatic nitrogens is 3. The maximum absolute atomic E-state index is 13.0. The van der Waals surface area contributed by atoms with Gasteiger partial charge in [-0.05, 0) is 23.6 Å². The Kier molecular flexibility index (Phi) is 4.79. The van der Waals surface area contributed by atoms with E-state index in [2.05, 4.69) is 20.0 Å². The van der Waals surface area contributed by atoms with Gasteiger partial charge in [0.2, 0.25) is 11.7 Å². The topological polar surface area (TPSA) is 75.4 Å². The zero-order chi connectivity index (χ0) is 19.6. The van der Waals surface area contributed by atoms with Gasteiger partial charge in [0, 0.05) is 37.8 Å². The van der Waals surface area contributed by atoms with Crippen molar-refractivity contribution in [3.63, 3.8) is 0 Å². The van der Waals surface area contributed by atoms with Crippen LogP contribution in [0.5, 0.6) is 0 Å². The molecule has 1 amide bonds. The molecule has 1 aliphatic rings. The lowest BCUT2D eigenvalue weighted by atomic mass is 10.1. The number of nitrogens with zero attached hydrogens (tertiary/aromatic N) is 5. The Labute approximate surface area is 171 Å². The van der Waals surface area contributed by atoms with Gasteiger partial charge in [0.05, 0.1) is 22.5 Å². The predicted octanol–water partition coefficient (Wildman–Crippen LogP) is 3.30. The minimum Gasteiger partial charge on any atom is -0.338 e. The van der Waals surface area contributed by atoms with E-state index in [9.17, 15) is 4.79 Å². The average Bonchev–Trinajstić information content (AvgIpc) is 3.45. The van der Waals surface area contributed by atoms with Crippen LogP contribution in [0, 0.1) is 0 Å². The number of piperazine rings is 1. The van der Waals surface area contributed by atoms with Crippen molar-refractivity contribution >= 4 is 28.1 Å². The van der Waals surface area contributed by atoms with Gasteiger partial charge in [-0.25, -0.2) is 0 Å². The Morgan fingerprint density at radius 2 is 1.93 bits per heavy atom. The molecule has 0 saturated carbocycles. The number of hydrogen-bond donors (Lipinski definition) is 0. The molecule has 29 heavy (non-hydrogen) atoms. The number of hydrogen-bond acceptors (Lipinski definition) is 7. The number of carbonyl (C=O) groups is 1. The van der Waals surface area contributed by atoms with Gasteiger partial charge in [0.25, 0.3) is 5.91 Å². The van der Waals surface area contributed by atoms with Crippen LogP contribution in [0.25, 0.3) is 21.6 Å². The maximum atomic E-state index is 13.0. The van der Waals surface area contributed by atoms with Gasteiger partial charge in [-0.15, -0.1) is 11.3 Å². The number of carbonyl (C=O) groups excluding carboxylic acids is 1. The van der Waals surface area contributed by atoms with Gasteiger partial charge in [0.1, 0.15) is 0 Å². The Balaban J connectivity index is 1.23. The van der Waals surface area contributed by atoms with Crippen LogP contribution < -0.4 is 0 Å². The van der Waals surface area contributed by atoms with Crippen LogP contribution in [0.1, 0.15) is 16.2 Å². The zero-order valence-corrected chi connectivity index (χ0v) is 16.5. The van der Waals surface area contributed by atoms with Crippen molar-refractivity contribution in [2.75, 3.05) is 26.2 Å². The first-order valence-electron chi connectivity index (χ1n) is 9.50. The predicted molar refractivity (Wildman–Crippen MR) is 111 cm³/mol. The number of amides is 1. The van der Waals surface area contributed by atoms with Crippen molar-refractivity contribution in [2.24, 2.45) is 0 Å². The summed E-state index contributed by atoms with van der Waals surface area (Å²) < 4.78 is 5.40. The Hall–Kier alpha value is -3.10. The van der Waals surface area contributed by atoms with E-state index < -0.39 is 0 Å². The van der Waals surface area contributed by atoms with Gasteiger partial charge < -0.3 is 9.42 Å². The van der Waals surface area contributed by atoms with E-state index in [4.69, 9.17) is 4.52 Å². The van der Waals surface area contributed by atoms with E-state index in [0.29, 0.717) is 36.9 Å². The maximum Gasteiger partial charge on any atom is 0.256 e. The van der Waals surface area contributed by atoms with Gasteiger partial charge in [-0.2, -0.15) is 4.98 Å². The molecule has 0 unspecified atom stereocenters. The molecule has 8 heteroatoms. The molecule has 0 atom stereocenters. The van der Waals surface area contributed by atoms with E-state index in [0.717, 1.165) is 28.9 Å². The molecule has 4 aromatic rings. The number of pyridine rings is 1. The molecule has 0 radical (unpaired) electrons. The lowest BCUT2D eigenvalue weighted by Gasteiger charge is -2.34. The van der Waals surface area contributed by atoms with Crippen LogP contribution in [0.2, 0.25) is 0 Å². The summed E-state index contributed by atoms with van der Waals surface area (Å²) in [6, 6.07) is 13.6. The van der Waals surface area contributed by atoms with Gasteiger partial charge >= 0.3 is 0 Å². The second-order valence-electron chi connectivity index (χ2n) is 6.94. The summed E-state index contributed by atoms with van der Waals surface area (Å²) in [5, 5.41) is 7.04. The van der Waals surface area contributed by atoms with Crippen LogP contribution in [-0.2, 0) is 6.54 Å². The summed E-state index contributed by atoms with van der Waals surface area (Å²) in [6.45, 7) is 3.44. The highest BCUT2D eigenvalue weighted by Gasteiger charge is 2.24. The van der Waals surface area contributed by atoms with Crippen LogP contribution in [0.3, 0.4) is 0 Å². The minimum atomic E-state index is 0.0340. The monoisotopic (exact) mass is 405 g/mol. The smallest absolute Gasteiger partial charge is 0.256 e. The summed E-state index contributed by atoms with van der Waals surface area (Å²) in [5.41, 5.74) is 1.42. The first-order chi connectivity index (χ1) is 14.3. The fourth-order valence-corrected chi connectivity index (χ4v) is 4.22. The fraction of sp³-hybridized carbons (Fsp3) is 0.238. The number of fused-ring (bicyclic) bond motifs is 1. The molecule has 0 bridgehead atoms. The third kappa shape index (κ3) is 3.64. The molecule has 7 nitrogen and oxygen atoms in total. The summed E-state index contributed by atoms with van der Waals surface area (Å²) in [7, 11) is 0. The quantitative estimate of drug-likeness (QED) is 0.519. The first kappa shape index (κ1) is 18.0. The van der Waals surface area contributed by atoms with E-state index in [1.54, 1.807) is 17.5 Å². The second-order valence-corrected chi connectivity index (χ2v) is 7.89. The van der Waals surface area contributed by atoms with Crippen LogP contribution in [0.15, 0.2) is 58.6 Å². The highest BCUT2D eigenvalue weighted by atomic mass is 32.1. The van der Waals surface area contributed by atoms with Crippen molar-refractivity contribution in [3.8, 4) is 10.7 Å². The molecule has 1 aliphatic heterocycles. The number of rotatable bonds is 4. The molecule has 4 heterocycles. The van der Waals surface area contributed by atoms with Gasteiger partial charge in [-0.3, -0.25) is 14.7 Å². The van der Waals surface area contributed by atoms with Crippen molar-refractivity contribution in [1.82, 2.24) is 24.9 Å². The zero-order valence-electron chi connectivity index (χ0n) is 15.7. The highest BCUT2D eigenvalue weighted by molar-refractivity contribution is 7.13. The molecule has 146 valence electrons. The molecule has 1 saturated heterocycles. The fourth-order valence-electron chi connectivity index (χ4n) is 3.57. The van der Waals surface area contributed by atoms with Crippen molar-refractivity contribution in [2.45, 2.75) is 6.54 Å². The van der Waals surface area contributed by atoms with E-state index in [1.807, 2.05) is 52.7 Å². The Morgan fingerprint density at radius 3 is 2.76 bits per heavy atom. The van der Waals surface area contributed by atoms with Crippen molar-refractivity contribution in [3.05, 3.63) is 65.5 Å². The van der Waals surface area contributed by atoms with Gasteiger partial charge in [-0.1, -0.05) is 29.4 Å². The van der Waals surface area contributed by atoms with Gasteiger partial charge in [0.15, 0.2) is 0 Å². The van der Waals surface area contributed by atoms with E-state index in [1.165, 1.54) is 0 Å². The number of thiophene rings is 1. The average molecular weight is 405 g/mol. The summed E-state index contributed by atoms with van der Waals surface area (Å²) >= 11 is 1.59. The van der Waals surface area contributed by atoms with Crippen molar-refractivity contribution in [1.29, 1.82) is 0 Å². The Morgan fingerprint density at radius 1 is 1.07 bits per heavy atom. The van der Waals surface area contributed by atoms with E-state index >= 15 is 0 Å². The standard InChI is InChI=1S/C21H19N5O2S/c27-21(16-6-1-4-15-5-2-8-22-19(15)16)26-11-9-25(10-12-26)14-18-23-20(24-28-18)17-7-3-13-29-17/h1-8,13H,9-12,14H2. The van der Waals surface area contributed by atoms with Crippen LogP contribution >= 0.6 is 11.3 Å². The molecule has 5 rings (SSSR count). The lowest BCUT2D eigenvalue weighted by Crippen LogP contribution is -2.48.